The van der Waals surface area contributed by atoms with Crippen molar-refractivity contribution in [1.29, 1.82) is 0 Å². The van der Waals surface area contributed by atoms with Crippen LogP contribution in [0.5, 0.6) is 0 Å². The van der Waals surface area contributed by atoms with Crippen LogP contribution in [0.15, 0.2) is 34.5 Å². The van der Waals surface area contributed by atoms with Crippen LogP contribution in [0.1, 0.15) is 32.8 Å². The molecule has 0 atom stereocenters. The van der Waals surface area contributed by atoms with Gasteiger partial charge in [-0.1, -0.05) is 30.3 Å². The Morgan fingerprint density at radius 2 is 1.81 bits per heavy atom. The van der Waals surface area contributed by atoms with Crippen LogP contribution < -0.4 is 0 Å². The van der Waals surface area contributed by atoms with Gasteiger partial charge in [0.25, 0.3) is 10.0 Å². The molecule has 0 spiro atoms. The van der Waals surface area contributed by atoms with Crippen LogP contribution in [0.3, 0.4) is 0 Å². The molecule has 0 N–H and O–H groups in total. The highest BCUT2D eigenvalue weighted by atomic mass is 32.2. The van der Waals surface area contributed by atoms with Crippen molar-refractivity contribution in [3.63, 3.8) is 0 Å². The molecule has 32 heavy (non-hydrogen) atoms. The summed E-state index contributed by atoms with van der Waals surface area (Å²) in [5.41, 5.74) is 2.44. The minimum absolute atomic E-state index is 0.157. The maximum absolute atomic E-state index is 13.5. The van der Waals surface area contributed by atoms with E-state index in [2.05, 4.69) is 34.1 Å². The molecule has 0 amide bonds. The largest absolute Gasteiger partial charge is 0.465 e. The molecule has 2 aliphatic heterocycles. The van der Waals surface area contributed by atoms with Crippen LogP contribution in [0.25, 0.3) is 0 Å². The molecule has 1 aromatic carbocycles. The topological polar surface area (TPSA) is 70.2 Å². The number of likely N-dealkylation sites (N-methyl/N-ethyl adjacent to an activating group) is 1. The monoisotopic (exact) mass is 477 g/mol. The molecule has 0 bridgehead atoms. The van der Waals surface area contributed by atoms with Crippen molar-refractivity contribution in [1.82, 2.24) is 14.1 Å². The number of hydrogen-bond acceptors (Lipinski definition) is 7. The van der Waals surface area contributed by atoms with Crippen molar-refractivity contribution < 1.29 is 17.9 Å². The normalized spacial score (nSPS) is 18.4. The maximum Gasteiger partial charge on any atom is 0.340 e. The van der Waals surface area contributed by atoms with E-state index in [1.807, 2.05) is 13.1 Å². The van der Waals surface area contributed by atoms with Gasteiger partial charge in [-0.2, -0.15) is 4.31 Å². The van der Waals surface area contributed by atoms with Crippen LogP contribution in [0, 0.1) is 0 Å². The summed E-state index contributed by atoms with van der Waals surface area (Å²) in [7, 11) is -0.427. The molecule has 174 valence electrons. The van der Waals surface area contributed by atoms with Crippen LogP contribution in [-0.2, 0) is 34.1 Å². The molecule has 0 saturated carbocycles. The first-order valence-electron chi connectivity index (χ1n) is 11.1. The van der Waals surface area contributed by atoms with E-state index in [1.54, 1.807) is 0 Å². The highest BCUT2D eigenvalue weighted by Gasteiger charge is 2.37. The van der Waals surface area contributed by atoms with E-state index in [-0.39, 0.29) is 9.77 Å². The van der Waals surface area contributed by atoms with Gasteiger partial charge < -0.3 is 9.64 Å². The van der Waals surface area contributed by atoms with Gasteiger partial charge in [0, 0.05) is 44.1 Å². The molecule has 3 heterocycles. The summed E-state index contributed by atoms with van der Waals surface area (Å²) in [6.07, 6.45) is 2.73. The lowest BCUT2D eigenvalue weighted by Gasteiger charge is -2.31. The first-order chi connectivity index (χ1) is 15.4. The van der Waals surface area contributed by atoms with Crippen molar-refractivity contribution >= 4 is 27.3 Å². The van der Waals surface area contributed by atoms with E-state index < -0.39 is 16.0 Å². The zero-order valence-corrected chi connectivity index (χ0v) is 20.4. The first-order valence-corrected chi connectivity index (χ1v) is 13.3. The van der Waals surface area contributed by atoms with Gasteiger partial charge in [0.2, 0.25) is 0 Å². The fourth-order valence-electron chi connectivity index (χ4n) is 4.41. The molecule has 9 heteroatoms. The van der Waals surface area contributed by atoms with Gasteiger partial charge in [0.05, 0.1) is 12.7 Å². The van der Waals surface area contributed by atoms with Crippen molar-refractivity contribution in [2.45, 2.75) is 30.0 Å². The predicted molar refractivity (Wildman–Crippen MR) is 126 cm³/mol. The number of carbonyl (C=O) groups excluding carboxylic acids is 1. The van der Waals surface area contributed by atoms with E-state index in [0.717, 1.165) is 36.4 Å². The molecule has 0 unspecified atom stereocenters. The van der Waals surface area contributed by atoms with E-state index in [9.17, 15) is 13.2 Å². The summed E-state index contributed by atoms with van der Waals surface area (Å²) in [5, 5.41) is 0. The number of hydrogen-bond donors (Lipinski definition) is 0. The summed E-state index contributed by atoms with van der Waals surface area (Å²) in [6.45, 7) is 4.69. The number of fused-ring (bicyclic) bond motifs is 1. The first kappa shape index (κ1) is 23.4. The zero-order chi connectivity index (χ0) is 22.7. The number of nitrogens with zero attached hydrogens (tertiary/aromatic N) is 3. The fraction of sp³-hybridized carbons (Fsp3) is 0.522. The number of ether oxygens (including phenoxy) is 1. The third kappa shape index (κ3) is 4.92. The van der Waals surface area contributed by atoms with Gasteiger partial charge in [-0.05, 0) is 44.0 Å². The number of aryl methyl sites for hydroxylation is 1. The Bertz CT molecular complexity index is 1040. The molecule has 1 aromatic heterocycles. The number of thiophene rings is 1. The lowest BCUT2D eigenvalue weighted by atomic mass is 10.0. The Balaban J connectivity index is 1.52. The third-order valence-electron chi connectivity index (χ3n) is 6.31. The molecule has 0 aliphatic carbocycles. The van der Waals surface area contributed by atoms with Gasteiger partial charge >= 0.3 is 5.97 Å². The predicted octanol–water partition coefficient (Wildman–Crippen LogP) is 2.46. The van der Waals surface area contributed by atoms with Crippen LogP contribution in [0.2, 0.25) is 0 Å². The Morgan fingerprint density at radius 3 is 2.50 bits per heavy atom. The van der Waals surface area contributed by atoms with Crippen molar-refractivity contribution in [2.24, 2.45) is 0 Å². The van der Waals surface area contributed by atoms with Crippen molar-refractivity contribution in [3.8, 4) is 0 Å². The summed E-state index contributed by atoms with van der Waals surface area (Å²) in [6, 6.07) is 10.4. The second-order valence-corrected chi connectivity index (χ2v) is 11.7. The number of carbonyl (C=O) groups is 1. The number of rotatable bonds is 7. The lowest BCUT2D eigenvalue weighted by molar-refractivity contribution is 0.0595. The molecule has 4 rings (SSSR count). The second-order valence-electron chi connectivity index (χ2n) is 8.48. The Hall–Kier alpha value is -1.78. The molecule has 2 aromatic rings. The van der Waals surface area contributed by atoms with Crippen molar-refractivity contribution in [3.05, 3.63) is 51.9 Å². The van der Waals surface area contributed by atoms with Gasteiger partial charge in [0.15, 0.2) is 0 Å². The fourth-order valence-corrected chi connectivity index (χ4v) is 7.90. The lowest BCUT2D eigenvalue weighted by Crippen LogP contribution is -2.47. The highest BCUT2D eigenvalue weighted by molar-refractivity contribution is 7.91. The van der Waals surface area contributed by atoms with E-state index >= 15 is 0 Å². The van der Waals surface area contributed by atoms with E-state index in [0.29, 0.717) is 39.1 Å². The minimum atomic E-state index is -3.73. The molecular formula is C23H31N3O4S2. The van der Waals surface area contributed by atoms with E-state index in [4.69, 9.17) is 4.74 Å². The number of piperazine rings is 1. The highest BCUT2D eigenvalue weighted by Crippen LogP contribution is 2.38. The van der Waals surface area contributed by atoms with Gasteiger partial charge in [-0.15, -0.1) is 11.3 Å². The number of benzene rings is 1. The average molecular weight is 478 g/mol. The SMILES string of the molecule is COC(=O)c1c(S(=O)(=O)N2CCN(C)CC2)sc2c1CCN(CCCc1ccccc1)C2. The summed E-state index contributed by atoms with van der Waals surface area (Å²) < 4.78 is 33.6. The quantitative estimate of drug-likeness (QED) is 0.571. The zero-order valence-electron chi connectivity index (χ0n) is 18.7. The Labute approximate surface area is 194 Å². The standard InChI is InChI=1S/C23H31N3O4S2/c1-24-13-15-26(16-14-24)32(28,29)23-21(22(27)30-2)19-10-12-25(17-20(19)31-23)11-6-9-18-7-4-3-5-8-18/h3-5,7-8H,6,9-17H2,1-2H3. The van der Waals surface area contributed by atoms with Crippen LogP contribution in [0.4, 0.5) is 0 Å². The van der Waals surface area contributed by atoms with E-state index in [1.165, 1.54) is 28.3 Å². The summed E-state index contributed by atoms with van der Waals surface area (Å²) in [4.78, 5) is 18.1. The number of methoxy groups -OCH3 is 1. The second kappa shape index (κ2) is 10.0. The Kier molecular flexibility index (Phi) is 7.31. The smallest absolute Gasteiger partial charge is 0.340 e. The molecule has 2 aliphatic rings. The Morgan fingerprint density at radius 1 is 1.09 bits per heavy atom. The molecule has 7 nitrogen and oxygen atoms in total. The molecular weight excluding hydrogens is 446 g/mol. The van der Waals surface area contributed by atoms with Gasteiger partial charge in [0.1, 0.15) is 4.21 Å². The average Bonchev–Trinajstić information content (AvgIpc) is 3.19. The van der Waals surface area contributed by atoms with Crippen LogP contribution >= 0.6 is 11.3 Å². The van der Waals surface area contributed by atoms with Crippen LogP contribution in [-0.4, -0.2) is 81.9 Å². The molecule has 1 saturated heterocycles. The number of sulfonamides is 1. The van der Waals surface area contributed by atoms with Gasteiger partial charge in [-0.3, -0.25) is 4.90 Å². The van der Waals surface area contributed by atoms with Gasteiger partial charge in [-0.25, -0.2) is 13.2 Å². The number of esters is 1. The third-order valence-corrected chi connectivity index (χ3v) is 9.92. The molecule has 0 radical (unpaired) electrons. The summed E-state index contributed by atoms with van der Waals surface area (Å²) in [5.74, 6) is -0.548. The molecule has 1 fully saturated rings. The maximum atomic E-state index is 13.5. The van der Waals surface area contributed by atoms with Crippen molar-refractivity contribution in [2.75, 3.05) is 53.4 Å². The minimum Gasteiger partial charge on any atom is -0.465 e. The summed E-state index contributed by atoms with van der Waals surface area (Å²) >= 11 is 1.25.